The molecule has 0 bridgehead atoms. The molecule has 0 amide bonds. The average molecular weight is 378 g/mol. The molecule has 144 valence electrons. The minimum atomic E-state index is -0.400. The number of aromatic nitrogens is 2. The topological polar surface area (TPSA) is 79.5 Å². The number of Topliss-reactive ketones (excluding diaryl/α,β-unsaturated/α-hetero) is 1. The Balaban J connectivity index is 1.88. The summed E-state index contributed by atoms with van der Waals surface area (Å²) in [6.45, 7) is 1.88. The lowest BCUT2D eigenvalue weighted by Gasteiger charge is -2.27. The summed E-state index contributed by atoms with van der Waals surface area (Å²) in [6.07, 6.45) is 0. The number of hydrogen-bond donors (Lipinski definition) is 2. The molecular weight excluding hydrogens is 356 g/mol. The van der Waals surface area contributed by atoms with Gasteiger partial charge in [-0.2, -0.15) is 0 Å². The van der Waals surface area contributed by atoms with Gasteiger partial charge in [0.05, 0.1) is 37.0 Å². The fourth-order valence-corrected chi connectivity index (χ4v) is 3.59. The number of para-hydroxylation sites is 2. The van der Waals surface area contributed by atoms with Crippen LogP contribution in [0.25, 0.3) is 16.6 Å². The second kappa shape index (κ2) is 6.92. The van der Waals surface area contributed by atoms with Crippen LogP contribution in [-0.4, -0.2) is 43.1 Å². The Bertz CT molecular complexity index is 1030. The van der Waals surface area contributed by atoms with Gasteiger partial charge in [0.1, 0.15) is 28.7 Å². The van der Waals surface area contributed by atoms with E-state index in [9.17, 15) is 4.79 Å². The summed E-state index contributed by atoms with van der Waals surface area (Å²) in [4.78, 5) is 23.0. The van der Waals surface area contributed by atoms with Crippen LogP contribution >= 0.6 is 0 Å². The summed E-state index contributed by atoms with van der Waals surface area (Å²) < 4.78 is 10.8. The molecule has 2 heterocycles. The smallest absolute Gasteiger partial charge is 0.192 e. The highest BCUT2D eigenvalue weighted by molar-refractivity contribution is 6.27. The fraction of sp³-hybridized carbons (Fsp3) is 0.238. The first kappa shape index (κ1) is 17.9. The van der Waals surface area contributed by atoms with E-state index in [4.69, 9.17) is 9.47 Å². The van der Waals surface area contributed by atoms with E-state index in [0.717, 1.165) is 16.7 Å². The number of nitrogens with one attached hydrogen (secondary N) is 2. The lowest BCUT2D eigenvalue weighted by Crippen LogP contribution is -2.35. The quantitative estimate of drug-likeness (QED) is 0.711. The van der Waals surface area contributed by atoms with Gasteiger partial charge < -0.3 is 24.7 Å². The third-order valence-corrected chi connectivity index (χ3v) is 4.97. The van der Waals surface area contributed by atoms with Crippen LogP contribution in [0.15, 0.2) is 48.3 Å². The normalized spacial score (nSPS) is 16.8. The van der Waals surface area contributed by atoms with Crippen molar-refractivity contribution in [3.05, 3.63) is 54.1 Å². The van der Waals surface area contributed by atoms with Crippen molar-refractivity contribution < 1.29 is 14.3 Å². The van der Waals surface area contributed by atoms with E-state index in [-0.39, 0.29) is 5.78 Å². The zero-order chi connectivity index (χ0) is 19.8. The highest BCUT2D eigenvalue weighted by atomic mass is 16.5. The fourth-order valence-electron chi connectivity index (χ4n) is 3.59. The van der Waals surface area contributed by atoms with Crippen molar-refractivity contribution in [2.75, 3.05) is 26.2 Å². The largest absolute Gasteiger partial charge is 0.497 e. The Kier molecular flexibility index (Phi) is 4.43. The van der Waals surface area contributed by atoms with Crippen LogP contribution in [0.1, 0.15) is 12.7 Å². The molecule has 0 aliphatic carbocycles. The van der Waals surface area contributed by atoms with E-state index in [2.05, 4.69) is 15.3 Å². The maximum Gasteiger partial charge on any atom is 0.192 e. The Morgan fingerprint density at radius 1 is 1.11 bits per heavy atom. The maximum absolute atomic E-state index is 13.2. The van der Waals surface area contributed by atoms with Crippen molar-refractivity contribution in [1.82, 2.24) is 15.3 Å². The first-order valence-electron chi connectivity index (χ1n) is 9.01. The zero-order valence-electron chi connectivity index (χ0n) is 16.2. The van der Waals surface area contributed by atoms with E-state index in [1.807, 2.05) is 48.2 Å². The molecule has 1 aliphatic rings. The number of rotatable bonds is 5. The second-order valence-corrected chi connectivity index (χ2v) is 6.56. The highest BCUT2D eigenvalue weighted by Crippen LogP contribution is 2.38. The van der Waals surface area contributed by atoms with Crippen molar-refractivity contribution in [3.8, 4) is 11.5 Å². The van der Waals surface area contributed by atoms with E-state index in [1.165, 1.54) is 0 Å². The predicted octanol–water partition coefficient (Wildman–Crippen LogP) is 2.95. The van der Waals surface area contributed by atoms with E-state index in [1.54, 1.807) is 27.3 Å². The van der Waals surface area contributed by atoms with E-state index < -0.39 is 6.04 Å². The molecule has 0 spiro atoms. The zero-order valence-corrected chi connectivity index (χ0v) is 16.2. The van der Waals surface area contributed by atoms with E-state index >= 15 is 0 Å². The predicted molar refractivity (Wildman–Crippen MR) is 109 cm³/mol. The number of benzene rings is 2. The van der Waals surface area contributed by atoms with Gasteiger partial charge in [0, 0.05) is 25.2 Å². The Labute approximate surface area is 163 Å². The number of hydrogen-bond acceptors (Lipinski definition) is 6. The van der Waals surface area contributed by atoms with Gasteiger partial charge in [0.2, 0.25) is 0 Å². The van der Waals surface area contributed by atoms with Crippen molar-refractivity contribution in [2.24, 2.45) is 0 Å². The summed E-state index contributed by atoms with van der Waals surface area (Å²) in [5.74, 6) is 2.54. The van der Waals surface area contributed by atoms with Gasteiger partial charge >= 0.3 is 0 Å². The van der Waals surface area contributed by atoms with Gasteiger partial charge in [-0.25, -0.2) is 4.98 Å². The number of ether oxygens (including phenoxy) is 2. The van der Waals surface area contributed by atoms with Crippen LogP contribution in [0.2, 0.25) is 0 Å². The number of fused-ring (bicyclic) bond motifs is 1. The standard InChI is InChI=1S/C21H22N4O3/c1-12-19(26)18(20-23-16-7-5-6-8-17(16)24-20)21(22-2)25(12)13-9-14(27-3)11-15(10-13)28-4/h5-12,22H,1-4H3,(H,23,24). The minimum absolute atomic E-state index is 0.00908. The van der Waals surface area contributed by atoms with Crippen molar-refractivity contribution in [3.63, 3.8) is 0 Å². The molecule has 0 saturated heterocycles. The van der Waals surface area contributed by atoms with Crippen molar-refractivity contribution in [2.45, 2.75) is 13.0 Å². The number of carbonyl (C=O) groups is 1. The summed E-state index contributed by atoms with van der Waals surface area (Å²) >= 11 is 0. The number of nitrogens with zero attached hydrogens (tertiary/aromatic N) is 2. The molecule has 7 nitrogen and oxygen atoms in total. The molecule has 2 N–H and O–H groups in total. The molecule has 1 aromatic heterocycles. The monoisotopic (exact) mass is 378 g/mol. The lowest BCUT2D eigenvalue weighted by molar-refractivity contribution is -0.114. The molecule has 1 aliphatic heterocycles. The van der Waals surface area contributed by atoms with Crippen molar-refractivity contribution >= 4 is 28.1 Å². The minimum Gasteiger partial charge on any atom is -0.497 e. The number of methoxy groups -OCH3 is 2. The Hall–Kier alpha value is -3.48. The Morgan fingerprint density at radius 3 is 2.39 bits per heavy atom. The number of carbonyl (C=O) groups excluding carboxylic acids is 1. The van der Waals surface area contributed by atoms with Crippen LogP contribution in [-0.2, 0) is 4.79 Å². The molecule has 3 aromatic rings. The number of H-pyrrole nitrogens is 1. The number of ketones is 1. The van der Waals surface area contributed by atoms with Gasteiger partial charge in [0.25, 0.3) is 0 Å². The van der Waals surface area contributed by atoms with Crippen LogP contribution < -0.4 is 19.7 Å². The first-order chi connectivity index (χ1) is 13.6. The molecule has 1 atom stereocenters. The number of aromatic amines is 1. The first-order valence-corrected chi connectivity index (χ1v) is 9.01. The van der Waals surface area contributed by atoms with Crippen LogP contribution in [0.4, 0.5) is 5.69 Å². The molecule has 28 heavy (non-hydrogen) atoms. The van der Waals surface area contributed by atoms with Crippen LogP contribution in [0.5, 0.6) is 11.5 Å². The van der Waals surface area contributed by atoms with Crippen LogP contribution in [0, 0.1) is 0 Å². The Morgan fingerprint density at radius 2 is 1.79 bits per heavy atom. The number of anilines is 1. The summed E-state index contributed by atoms with van der Waals surface area (Å²) in [5.41, 5.74) is 3.05. The molecule has 0 fully saturated rings. The maximum atomic E-state index is 13.2. The second-order valence-electron chi connectivity index (χ2n) is 6.56. The van der Waals surface area contributed by atoms with Gasteiger partial charge in [-0.05, 0) is 19.1 Å². The molecule has 7 heteroatoms. The van der Waals surface area contributed by atoms with Gasteiger partial charge in [-0.15, -0.1) is 0 Å². The van der Waals surface area contributed by atoms with Crippen molar-refractivity contribution in [1.29, 1.82) is 0 Å². The molecule has 0 radical (unpaired) electrons. The SMILES string of the molecule is CNC1=C(c2nc3ccccc3[nH]2)C(=O)C(C)N1c1cc(OC)cc(OC)c1. The van der Waals surface area contributed by atoms with Gasteiger partial charge in [0.15, 0.2) is 5.78 Å². The van der Waals surface area contributed by atoms with E-state index in [0.29, 0.717) is 28.7 Å². The molecule has 1 unspecified atom stereocenters. The van der Waals surface area contributed by atoms with Gasteiger partial charge in [-0.1, -0.05) is 12.1 Å². The highest BCUT2D eigenvalue weighted by Gasteiger charge is 2.39. The summed E-state index contributed by atoms with van der Waals surface area (Å²) in [7, 11) is 5.01. The average Bonchev–Trinajstić information content (AvgIpc) is 3.25. The number of imidazole rings is 1. The van der Waals surface area contributed by atoms with Crippen LogP contribution in [0.3, 0.4) is 0 Å². The summed E-state index contributed by atoms with van der Waals surface area (Å²) in [5, 5.41) is 3.18. The lowest BCUT2D eigenvalue weighted by atomic mass is 10.1. The van der Waals surface area contributed by atoms with Gasteiger partial charge in [-0.3, -0.25) is 4.79 Å². The molecule has 0 saturated carbocycles. The molecular formula is C21H22N4O3. The molecule has 2 aromatic carbocycles. The third-order valence-electron chi connectivity index (χ3n) is 4.97. The third kappa shape index (κ3) is 2.76. The molecule has 4 rings (SSSR count). The summed E-state index contributed by atoms with van der Waals surface area (Å²) in [6, 6.07) is 12.9.